The highest BCUT2D eigenvalue weighted by molar-refractivity contribution is 8.13. The van der Waals surface area contributed by atoms with E-state index in [4.69, 9.17) is 0 Å². The van der Waals surface area contributed by atoms with Crippen LogP contribution >= 0.6 is 23.5 Å². The third-order valence-corrected chi connectivity index (χ3v) is 19.0. The number of hydrogen-bond acceptors (Lipinski definition) is 12. The maximum Gasteiger partial charge on any atom is 0.188 e. The molecule has 10 nitrogen and oxygen atoms in total. The molecule has 1 aliphatic rings. The lowest BCUT2D eigenvalue weighted by Gasteiger charge is -2.44. The fourth-order valence-electron chi connectivity index (χ4n) is 11.9. The van der Waals surface area contributed by atoms with Crippen LogP contribution in [-0.2, 0) is 9.59 Å². The van der Waals surface area contributed by atoms with Crippen molar-refractivity contribution in [3.63, 3.8) is 0 Å². The second kappa shape index (κ2) is 56.5. The van der Waals surface area contributed by atoms with Crippen molar-refractivity contribution in [1.82, 2.24) is 19.6 Å². The van der Waals surface area contributed by atoms with Crippen molar-refractivity contribution in [2.45, 2.75) is 348 Å². The summed E-state index contributed by atoms with van der Waals surface area (Å²) in [5.41, 5.74) is 0. The molecule has 12 heteroatoms. The highest BCUT2D eigenvalue weighted by Crippen LogP contribution is 2.21. The Labute approximate surface area is 505 Å². The van der Waals surface area contributed by atoms with Gasteiger partial charge in [-0.1, -0.05) is 257 Å². The van der Waals surface area contributed by atoms with Gasteiger partial charge in [-0.25, -0.2) is 0 Å². The molecule has 1 rings (SSSR count). The Morgan fingerprint density at radius 1 is 0.375 bits per heavy atom. The molecule has 1 saturated heterocycles. The molecule has 0 spiro atoms. The normalized spacial score (nSPS) is 17.0. The zero-order valence-electron chi connectivity index (χ0n) is 53.9. The van der Waals surface area contributed by atoms with E-state index in [-0.39, 0.29) is 34.6 Å². The first kappa shape index (κ1) is 77.7. The van der Waals surface area contributed by atoms with Gasteiger partial charge in [0.2, 0.25) is 0 Å². The molecule has 4 N–H and O–H groups in total. The minimum atomic E-state index is -0.371. The maximum absolute atomic E-state index is 13.1. The van der Waals surface area contributed by atoms with E-state index < -0.39 is 0 Å². The summed E-state index contributed by atoms with van der Waals surface area (Å²) in [7, 11) is 0. The standard InChI is InChI=1S/C68H136N4O6S2/c1-7-11-15-19-23-27-31-35-43-63(73)57-69(58-64(74)44-36-32-28-24-20-16-12-8-2)49-41-39-47-67(77)79-53-51-71-55-62(6)72(56-61(71)5)52-54-80-68(78)48-40-42-50-70(59-65(75)45-37-33-29-25-21-17-13-9-3)60-66(76)46-38-34-30-26-22-18-14-10-4/h61-66,73-76H,7-60H2,1-6H3. The molecule has 0 aromatic heterocycles. The SMILES string of the molecule is CCCCCCCCCCC(O)CN(CCCCC(=O)SCCN1CC(C)N(CCSC(=O)CCCCN(CC(O)CCCCCCCCCC)CC(O)CCCCCCCCCC)CC1C)CC(O)CCCCCCCCCC. The Balaban J connectivity index is 2.45. The molecular weight excluding hydrogens is 1030 g/mol. The van der Waals surface area contributed by atoms with Gasteiger partial charge in [0, 0.05) is 88.8 Å². The van der Waals surface area contributed by atoms with Crippen LogP contribution in [0.4, 0.5) is 0 Å². The summed E-state index contributed by atoms with van der Waals surface area (Å²) in [5, 5.41) is 44.7. The van der Waals surface area contributed by atoms with Gasteiger partial charge in [-0.2, -0.15) is 0 Å². The van der Waals surface area contributed by atoms with Gasteiger partial charge in [0.15, 0.2) is 10.2 Å². The molecular formula is C68H136N4O6S2. The van der Waals surface area contributed by atoms with Crippen molar-refractivity contribution in [1.29, 1.82) is 0 Å². The lowest BCUT2D eigenvalue weighted by molar-refractivity contribution is -0.111. The molecule has 0 saturated carbocycles. The number of aliphatic hydroxyl groups is 4. The van der Waals surface area contributed by atoms with Crippen LogP contribution in [0.1, 0.15) is 311 Å². The average Bonchev–Trinajstić information content (AvgIpc) is 3.42. The van der Waals surface area contributed by atoms with E-state index in [0.29, 0.717) is 51.1 Å². The van der Waals surface area contributed by atoms with Crippen molar-refractivity contribution in [2.75, 3.05) is 77.0 Å². The van der Waals surface area contributed by atoms with Crippen LogP contribution in [0.2, 0.25) is 0 Å². The number of nitrogens with zero attached hydrogens (tertiary/aromatic N) is 4. The highest BCUT2D eigenvalue weighted by Gasteiger charge is 2.29. The van der Waals surface area contributed by atoms with Gasteiger partial charge in [-0.05, 0) is 78.3 Å². The number of carbonyl (C=O) groups is 2. The number of aliphatic hydroxyl groups excluding tert-OH is 4. The largest absolute Gasteiger partial charge is 0.392 e. The van der Waals surface area contributed by atoms with Crippen molar-refractivity contribution >= 4 is 33.8 Å². The zero-order chi connectivity index (χ0) is 58.5. The highest BCUT2D eigenvalue weighted by atomic mass is 32.2. The number of thioether (sulfide) groups is 2. The topological polar surface area (TPSA) is 128 Å². The van der Waals surface area contributed by atoms with Crippen LogP contribution in [0.15, 0.2) is 0 Å². The van der Waals surface area contributed by atoms with Crippen molar-refractivity contribution in [3.05, 3.63) is 0 Å². The van der Waals surface area contributed by atoms with E-state index >= 15 is 0 Å². The number of unbranched alkanes of at least 4 members (excludes halogenated alkanes) is 30. The molecule has 0 aromatic carbocycles. The molecule has 476 valence electrons. The van der Waals surface area contributed by atoms with Crippen LogP contribution in [0, 0.1) is 0 Å². The van der Waals surface area contributed by atoms with Crippen LogP contribution in [0.3, 0.4) is 0 Å². The van der Waals surface area contributed by atoms with E-state index in [1.807, 2.05) is 0 Å². The third kappa shape index (κ3) is 47.9. The first-order chi connectivity index (χ1) is 38.9. The smallest absolute Gasteiger partial charge is 0.188 e. The van der Waals surface area contributed by atoms with Crippen LogP contribution in [-0.4, -0.2) is 164 Å². The Morgan fingerprint density at radius 3 is 0.863 bits per heavy atom. The van der Waals surface area contributed by atoms with E-state index in [1.54, 1.807) is 0 Å². The second-order valence-electron chi connectivity index (χ2n) is 25.2. The summed E-state index contributed by atoms with van der Waals surface area (Å²) in [5.74, 6) is 1.61. The van der Waals surface area contributed by atoms with E-state index in [0.717, 1.165) is 128 Å². The van der Waals surface area contributed by atoms with Crippen LogP contribution < -0.4 is 0 Å². The first-order valence-corrected chi connectivity index (χ1v) is 36.8. The predicted octanol–water partition coefficient (Wildman–Crippen LogP) is 16.4. The van der Waals surface area contributed by atoms with Crippen LogP contribution in [0.5, 0.6) is 0 Å². The average molecular weight is 1170 g/mol. The summed E-state index contributed by atoms with van der Waals surface area (Å²) in [6.07, 6.45) is 46.7. The Hall–Kier alpha value is -0.280. The van der Waals surface area contributed by atoms with Crippen molar-refractivity contribution in [3.8, 4) is 0 Å². The molecule has 1 fully saturated rings. The maximum atomic E-state index is 13.1. The quantitative estimate of drug-likeness (QED) is 0.0433. The Morgan fingerprint density at radius 2 is 0.613 bits per heavy atom. The summed E-state index contributed by atoms with van der Waals surface area (Å²) >= 11 is 2.96. The minimum absolute atomic E-state index is 0.269. The number of piperazine rings is 1. The molecule has 1 aliphatic heterocycles. The van der Waals surface area contributed by atoms with Gasteiger partial charge in [-0.3, -0.25) is 29.2 Å². The molecule has 6 unspecified atom stereocenters. The summed E-state index contributed by atoms with van der Waals surface area (Å²) in [6.45, 7) is 21.4. The summed E-state index contributed by atoms with van der Waals surface area (Å²) < 4.78 is 0. The number of hydrogen-bond donors (Lipinski definition) is 4. The van der Waals surface area contributed by atoms with Gasteiger partial charge in [-0.15, -0.1) is 0 Å². The van der Waals surface area contributed by atoms with Crippen molar-refractivity contribution in [2.24, 2.45) is 0 Å². The summed E-state index contributed by atoms with van der Waals surface area (Å²) in [6, 6.07) is 0.789. The molecule has 6 atom stereocenters. The van der Waals surface area contributed by atoms with Crippen LogP contribution in [0.25, 0.3) is 0 Å². The number of carbonyl (C=O) groups excluding carboxylic acids is 2. The van der Waals surface area contributed by atoms with Gasteiger partial charge in [0.25, 0.3) is 0 Å². The minimum Gasteiger partial charge on any atom is -0.392 e. The molecule has 0 radical (unpaired) electrons. The first-order valence-electron chi connectivity index (χ1n) is 34.9. The Bertz CT molecular complexity index is 1200. The fraction of sp³-hybridized carbons (Fsp3) is 0.971. The van der Waals surface area contributed by atoms with Crippen molar-refractivity contribution < 1.29 is 30.0 Å². The van der Waals surface area contributed by atoms with E-state index in [9.17, 15) is 30.0 Å². The number of rotatable bonds is 60. The predicted molar refractivity (Wildman–Crippen MR) is 351 cm³/mol. The van der Waals surface area contributed by atoms with Gasteiger partial charge in [0.05, 0.1) is 24.4 Å². The van der Waals surface area contributed by atoms with Gasteiger partial charge >= 0.3 is 0 Å². The molecule has 0 aromatic rings. The second-order valence-corrected chi connectivity index (χ2v) is 27.5. The third-order valence-electron chi connectivity index (χ3n) is 17.2. The van der Waals surface area contributed by atoms with E-state index in [1.165, 1.54) is 203 Å². The molecule has 0 bridgehead atoms. The zero-order valence-corrected chi connectivity index (χ0v) is 55.5. The monoisotopic (exact) mass is 1170 g/mol. The molecule has 1 heterocycles. The molecule has 80 heavy (non-hydrogen) atoms. The summed E-state index contributed by atoms with van der Waals surface area (Å²) in [4.78, 5) is 35.8. The molecule has 0 amide bonds. The molecule has 0 aliphatic carbocycles. The van der Waals surface area contributed by atoms with E-state index in [2.05, 4.69) is 61.1 Å². The lowest BCUT2D eigenvalue weighted by atomic mass is 10.0. The van der Waals surface area contributed by atoms with Gasteiger partial charge < -0.3 is 20.4 Å². The lowest BCUT2D eigenvalue weighted by Crippen LogP contribution is -2.57. The Kier molecular flexibility index (Phi) is 54.9. The fourth-order valence-corrected chi connectivity index (χ4v) is 13.6. The van der Waals surface area contributed by atoms with Gasteiger partial charge in [0.1, 0.15) is 0 Å².